The molecule has 6 heteroatoms. The van der Waals surface area contributed by atoms with Crippen LogP contribution in [0.15, 0.2) is 58.4 Å². The Bertz CT molecular complexity index is 860. The van der Waals surface area contributed by atoms with Crippen LogP contribution in [0.25, 0.3) is 6.08 Å². The van der Waals surface area contributed by atoms with Crippen molar-refractivity contribution in [3.63, 3.8) is 0 Å². The number of likely N-dealkylation sites (N-methyl/N-ethyl adjacent to an activating group) is 1. The molecule has 0 spiro atoms. The Kier molecular flexibility index (Phi) is 5.63. The zero-order valence-electron chi connectivity index (χ0n) is 14.9. The van der Waals surface area contributed by atoms with E-state index in [1.54, 1.807) is 19.1 Å². The third kappa shape index (κ3) is 3.75. The number of aliphatic imine (C=N–C) groups is 1. The molecule has 1 fully saturated rings. The number of benzene rings is 2. The molecule has 1 saturated heterocycles. The topological polar surface area (TPSA) is 51.1 Å². The average molecular weight is 368 g/mol. The largest absolute Gasteiger partial charge is 0.497 e. The van der Waals surface area contributed by atoms with Gasteiger partial charge >= 0.3 is 0 Å². The second kappa shape index (κ2) is 8.10. The Labute approximate surface area is 157 Å². The average Bonchev–Trinajstić information content (AvgIpc) is 2.97. The van der Waals surface area contributed by atoms with Gasteiger partial charge in [-0.2, -0.15) is 0 Å². The van der Waals surface area contributed by atoms with Crippen molar-refractivity contribution in [2.45, 2.75) is 6.92 Å². The number of rotatable bonds is 5. The fraction of sp³-hybridized carbons (Fsp3) is 0.200. The second-order valence-electron chi connectivity index (χ2n) is 5.49. The molecule has 5 nitrogen and oxygen atoms in total. The van der Waals surface area contributed by atoms with Gasteiger partial charge in [0.15, 0.2) is 5.17 Å². The smallest absolute Gasteiger partial charge is 0.266 e. The van der Waals surface area contributed by atoms with Crippen LogP contribution in [0.2, 0.25) is 0 Å². The summed E-state index contributed by atoms with van der Waals surface area (Å²) in [4.78, 5) is 19.7. The minimum atomic E-state index is -0.0457. The molecule has 26 heavy (non-hydrogen) atoms. The predicted octanol–water partition coefficient (Wildman–Crippen LogP) is 4.33. The molecule has 0 unspecified atom stereocenters. The van der Waals surface area contributed by atoms with E-state index in [4.69, 9.17) is 9.47 Å². The van der Waals surface area contributed by atoms with Crippen LogP contribution in [-0.2, 0) is 4.79 Å². The molecule has 0 radical (unpaired) electrons. The molecule has 0 aliphatic carbocycles. The summed E-state index contributed by atoms with van der Waals surface area (Å²) in [7, 11) is 3.25. The zero-order chi connectivity index (χ0) is 18.5. The van der Waals surface area contributed by atoms with Crippen molar-refractivity contribution in [1.29, 1.82) is 0 Å². The summed E-state index contributed by atoms with van der Waals surface area (Å²) in [5.41, 5.74) is 1.64. The lowest BCUT2D eigenvalue weighted by Gasteiger charge is -2.12. The van der Waals surface area contributed by atoms with Gasteiger partial charge in [0, 0.05) is 12.1 Å². The molecule has 134 valence electrons. The lowest BCUT2D eigenvalue weighted by Crippen LogP contribution is -2.28. The van der Waals surface area contributed by atoms with E-state index in [2.05, 4.69) is 4.99 Å². The molecule has 2 aromatic carbocycles. The van der Waals surface area contributed by atoms with E-state index in [-0.39, 0.29) is 5.91 Å². The van der Waals surface area contributed by atoms with E-state index in [0.29, 0.717) is 16.6 Å². The quantitative estimate of drug-likeness (QED) is 0.737. The Morgan fingerprint density at radius 1 is 1.08 bits per heavy atom. The molecule has 0 atom stereocenters. The summed E-state index contributed by atoms with van der Waals surface area (Å²) in [6.07, 6.45) is 1.85. The van der Waals surface area contributed by atoms with Crippen molar-refractivity contribution in [2.75, 3.05) is 20.8 Å². The summed E-state index contributed by atoms with van der Waals surface area (Å²) in [5.74, 6) is 1.46. The number of amidine groups is 1. The van der Waals surface area contributed by atoms with Gasteiger partial charge in [-0.15, -0.1) is 0 Å². The van der Waals surface area contributed by atoms with Crippen LogP contribution in [0.3, 0.4) is 0 Å². The molecule has 3 rings (SSSR count). The lowest BCUT2D eigenvalue weighted by molar-refractivity contribution is -0.122. The number of amides is 1. The summed E-state index contributed by atoms with van der Waals surface area (Å²) >= 11 is 1.37. The van der Waals surface area contributed by atoms with E-state index in [0.717, 1.165) is 22.7 Å². The first kappa shape index (κ1) is 18.1. The number of thioether (sulfide) groups is 1. The van der Waals surface area contributed by atoms with Crippen LogP contribution in [0, 0.1) is 0 Å². The molecule has 1 heterocycles. The molecule has 0 aromatic heterocycles. The van der Waals surface area contributed by atoms with Crippen LogP contribution in [0.1, 0.15) is 12.5 Å². The van der Waals surface area contributed by atoms with Gasteiger partial charge in [-0.25, -0.2) is 4.99 Å². The molecule has 0 N–H and O–H groups in total. The van der Waals surface area contributed by atoms with Crippen molar-refractivity contribution in [2.24, 2.45) is 4.99 Å². The third-order valence-corrected chi connectivity index (χ3v) is 4.93. The Morgan fingerprint density at radius 2 is 1.81 bits per heavy atom. The SMILES string of the molecule is CCN1C(=O)/C(=C/c2ccccc2OC)SC1=Nc1ccc(OC)cc1. The van der Waals surface area contributed by atoms with Crippen LogP contribution in [0.4, 0.5) is 5.69 Å². The molecule has 1 aliphatic rings. The fourth-order valence-corrected chi connectivity index (χ4v) is 3.62. The van der Waals surface area contributed by atoms with Gasteiger partial charge in [0.1, 0.15) is 11.5 Å². The van der Waals surface area contributed by atoms with Crippen LogP contribution >= 0.6 is 11.8 Å². The number of para-hydroxylation sites is 1. The highest BCUT2D eigenvalue weighted by atomic mass is 32.2. The zero-order valence-corrected chi connectivity index (χ0v) is 15.7. The number of hydrogen-bond acceptors (Lipinski definition) is 5. The maximum Gasteiger partial charge on any atom is 0.266 e. The van der Waals surface area contributed by atoms with Gasteiger partial charge in [-0.05, 0) is 55.1 Å². The van der Waals surface area contributed by atoms with Crippen molar-refractivity contribution >= 4 is 34.6 Å². The van der Waals surface area contributed by atoms with Crippen molar-refractivity contribution in [1.82, 2.24) is 4.90 Å². The minimum Gasteiger partial charge on any atom is -0.497 e. The molecule has 0 saturated carbocycles. The Morgan fingerprint density at radius 3 is 2.46 bits per heavy atom. The Balaban J connectivity index is 1.92. The second-order valence-corrected chi connectivity index (χ2v) is 6.50. The third-order valence-electron chi connectivity index (χ3n) is 3.93. The molecule has 2 aromatic rings. The first-order valence-corrected chi connectivity index (χ1v) is 9.05. The molecular formula is C20H20N2O3S. The van der Waals surface area contributed by atoms with E-state index >= 15 is 0 Å². The molecular weight excluding hydrogens is 348 g/mol. The first-order valence-electron chi connectivity index (χ1n) is 8.23. The van der Waals surface area contributed by atoms with Gasteiger partial charge in [0.25, 0.3) is 5.91 Å². The van der Waals surface area contributed by atoms with Gasteiger partial charge in [-0.3, -0.25) is 9.69 Å². The Hall–Kier alpha value is -2.73. The number of nitrogens with zero attached hydrogens (tertiary/aromatic N) is 2. The maximum atomic E-state index is 12.7. The normalized spacial score (nSPS) is 17.2. The number of hydrogen-bond donors (Lipinski definition) is 0. The minimum absolute atomic E-state index is 0.0457. The highest BCUT2D eigenvalue weighted by molar-refractivity contribution is 8.18. The van der Waals surface area contributed by atoms with Gasteiger partial charge in [0.2, 0.25) is 0 Å². The number of ether oxygens (including phenoxy) is 2. The standard InChI is InChI=1S/C20H20N2O3S/c1-4-22-19(23)18(13-14-7-5-6-8-17(14)25-3)26-20(22)21-15-9-11-16(24-2)12-10-15/h5-13H,4H2,1-3H3/b18-13-,21-20?. The van der Waals surface area contributed by atoms with E-state index in [1.165, 1.54) is 11.8 Å². The number of carbonyl (C=O) groups excluding carboxylic acids is 1. The summed E-state index contributed by atoms with van der Waals surface area (Å²) < 4.78 is 10.5. The monoisotopic (exact) mass is 368 g/mol. The fourth-order valence-electron chi connectivity index (χ4n) is 2.56. The summed E-state index contributed by atoms with van der Waals surface area (Å²) in [6.45, 7) is 2.50. The van der Waals surface area contributed by atoms with Crippen molar-refractivity contribution < 1.29 is 14.3 Å². The summed E-state index contributed by atoms with van der Waals surface area (Å²) in [6, 6.07) is 15.1. The van der Waals surface area contributed by atoms with Crippen LogP contribution in [-0.4, -0.2) is 36.7 Å². The highest BCUT2D eigenvalue weighted by Crippen LogP contribution is 2.35. The number of methoxy groups -OCH3 is 2. The van der Waals surface area contributed by atoms with E-state index < -0.39 is 0 Å². The van der Waals surface area contributed by atoms with Crippen molar-refractivity contribution in [3.8, 4) is 11.5 Å². The van der Waals surface area contributed by atoms with Crippen molar-refractivity contribution in [3.05, 3.63) is 59.0 Å². The lowest BCUT2D eigenvalue weighted by atomic mass is 10.2. The van der Waals surface area contributed by atoms with E-state index in [1.807, 2.05) is 61.5 Å². The van der Waals surface area contributed by atoms with Crippen LogP contribution in [0.5, 0.6) is 11.5 Å². The molecule has 1 aliphatic heterocycles. The van der Waals surface area contributed by atoms with Gasteiger partial charge < -0.3 is 9.47 Å². The predicted molar refractivity (Wildman–Crippen MR) is 106 cm³/mol. The molecule has 1 amide bonds. The van der Waals surface area contributed by atoms with Gasteiger partial charge in [0.05, 0.1) is 24.8 Å². The van der Waals surface area contributed by atoms with Crippen LogP contribution < -0.4 is 9.47 Å². The summed E-state index contributed by atoms with van der Waals surface area (Å²) in [5, 5.41) is 0.670. The van der Waals surface area contributed by atoms with E-state index in [9.17, 15) is 4.79 Å². The maximum absolute atomic E-state index is 12.7. The van der Waals surface area contributed by atoms with Gasteiger partial charge in [-0.1, -0.05) is 18.2 Å². The first-order chi connectivity index (χ1) is 12.7. The highest BCUT2D eigenvalue weighted by Gasteiger charge is 2.32. The number of carbonyl (C=O) groups is 1. The molecule has 0 bridgehead atoms.